The second-order valence-corrected chi connectivity index (χ2v) is 5.47. The topological polar surface area (TPSA) is 17.1 Å². The van der Waals surface area contributed by atoms with Crippen LogP contribution in [0.5, 0.6) is 0 Å². The normalized spacial score (nSPS) is 27.9. The van der Waals surface area contributed by atoms with Gasteiger partial charge in [0, 0.05) is 11.5 Å². The van der Waals surface area contributed by atoms with E-state index < -0.39 is 0 Å². The van der Waals surface area contributed by atoms with Crippen LogP contribution in [-0.4, -0.2) is 5.94 Å². The average molecular weight is 242 g/mol. The Bertz CT molecular complexity index is 428. The van der Waals surface area contributed by atoms with Crippen LogP contribution in [0.1, 0.15) is 51.0 Å². The van der Waals surface area contributed by atoms with Crippen molar-refractivity contribution in [2.75, 3.05) is 0 Å². The van der Waals surface area contributed by atoms with Gasteiger partial charge in [-0.3, -0.25) is 0 Å². The van der Waals surface area contributed by atoms with Gasteiger partial charge >= 0.3 is 0 Å². The maximum Gasteiger partial charge on any atom is 0.124 e. The third kappa shape index (κ3) is 2.57. The van der Waals surface area contributed by atoms with E-state index in [1.807, 2.05) is 6.07 Å². The fourth-order valence-corrected chi connectivity index (χ4v) is 3.30. The van der Waals surface area contributed by atoms with E-state index in [9.17, 15) is 4.79 Å². The fraction of sp³-hybridized carbons (Fsp3) is 0.529. The zero-order valence-electron chi connectivity index (χ0n) is 11.4. The number of allylic oxidation sites excluding steroid dienone is 1. The summed E-state index contributed by atoms with van der Waals surface area (Å²) < 4.78 is 0. The zero-order chi connectivity index (χ0) is 13.0. The smallest absolute Gasteiger partial charge is 0.124 e. The first kappa shape index (κ1) is 13.1. The molecule has 18 heavy (non-hydrogen) atoms. The lowest BCUT2D eigenvalue weighted by molar-refractivity contribution is 0.306. The Labute approximate surface area is 110 Å². The van der Waals surface area contributed by atoms with Gasteiger partial charge in [0.05, 0.1) is 0 Å². The molecule has 0 aromatic heterocycles. The predicted octanol–water partition coefficient (Wildman–Crippen LogP) is 4.37. The molecule has 0 spiro atoms. The molecule has 0 bridgehead atoms. The Morgan fingerprint density at radius 2 is 1.94 bits per heavy atom. The van der Waals surface area contributed by atoms with E-state index >= 15 is 0 Å². The molecular formula is C17H22O. The van der Waals surface area contributed by atoms with Crippen LogP contribution in [0.25, 0.3) is 0 Å². The quantitative estimate of drug-likeness (QED) is 0.719. The van der Waals surface area contributed by atoms with E-state index in [-0.39, 0.29) is 0 Å². The van der Waals surface area contributed by atoms with E-state index in [0.29, 0.717) is 17.8 Å². The average Bonchev–Trinajstić information content (AvgIpc) is 2.41. The highest BCUT2D eigenvalue weighted by molar-refractivity contribution is 5.58. The van der Waals surface area contributed by atoms with Gasteiger partial charge < -0.3 is 0 Å². The Kier molecular flexibility index (Phi) is 4.38. The van der Waals surface area contributed by atoms with Crippen molar-refractivity contribution in [2.45, 2.75) is 45.4 Å². The van der Waals surface area contributed by atoms with Gasteiger partial charge in [-0.25, -0.2) is 4.79 Å². The summed E-state index contributed by atoms with van der Waals surface area (Å²) in [7, 11) is 0. The van der Waals surface area contributed by atoms with Crippen molar-refractivity contribution in [1.29, 1.82) is 0 Å². The Hall–Kier alpha value is -1.33. The molecule has 2 rings (SSSR count). The first-order valence-corrected chi connectivity index (χ1v) is 7.07. The highest BCUT2D eigenvalue weighted by Crippen LogP contribution is 2.45. The third-order valence-electron chi connectivity index (χ3n) is 4.24. The highest BCUT2D eigenvalue weighted by atomic mass is 16.1. The first-order chi connectivity index (χ1) is 8.77. The van der Waals surface area contributed by atoms with Crippen molar-refractivity contribution in [1.82, 2.24) is 0 Å². The molecule has 1 fully saturated rings. The summed E-state index contributed by atoms with van der Waals surface area (Å²) >= 11 is 0. The molecule has 1 heteroatoms. The van der Waals surface area contributed by atoms with Gasteiger partial charge in [0.1, 0.15) is 5.94 Å². The molecule has 3 atom stereocenters. The van der Waals surface area contributed by atoms with Crippen molar-refractivity contribution in [3.63, 3.8) is 0 Å². The molecule has 0 amide bonds. The fourth-order valence-electron chi connectivity index (χ4n) is 3.30. The van der Waals surface area contributed by atoms with Crippen LogP contribution >= 0.6 is 0 Å². The molecule has 0 saturated heterocycles. The maximum atomic E-state index is 11.3. The summed E-state index contributed by atoms with van der Waals surface area (Å²) in [6, 6.07) is 10.5. The second kappa shape index (κ2) is 6.02. The summed E-state index contributed by atoms with van der Waals surface area (Å²) in [5.74, 6) is 3.56. The molecule has 1 aliphatic carbocycles. The monoisotopic (exact) mass is 242 g/mol. The summed E-state index contributed by atoms with van der Waals surface area (Å²) in [5, 5.41) is 0. The van der Waals surface area contributed by atoms with Crippen molar-refractivity contribution in [3.8, 4) is 0 Å². The van der Waals surface area contributed by atoms with Crippen LogP contribution in [0, 0.1) is 11.8 Å². The summed E-state index contributed by atoms with van der Waals surface area (Å²) in [6.45, 7) is 4.39. The summed E-state index contributed by atoms with van der Waals surface area (Å²) in [4.78, 5) is 11.3. The van der Waals surface area contributed by atoms with Gasteiger partial charge in [-0.05, 0) is 36.7 Å². The van der Waals surface area contributed by atoms with Crippen molar-refractivity contribution in [2.24, 2.45) is 11.8 Å². The minimum Gasteiger partial charge on any atom is -0.234 e. The minimum atomic E-state index is 0.299. The van der Waals surface area contributed by atoms with Crippen LogP contribution in [0.2, 0.25) is 0 Å². The lowest BCUT2D eigenvalue weighted by Crippen LogP contribution is -2.25. The van der Waals surface area contributed by atoms with Gasteiger partial charge in [-0.2, -0.15) is 0 Å². The van der Waals surface area contributed by atoms with Gasteiger partial charge in [0.15, 0.2) is 0 Å². The molecule has 96 valence electrons. The number of hydrogen-bond donors (Lipinski definition) is 0. The molecule has 1 aromatic rings. The van der Waals surface area contributed by atoms with Gasteiger partial charge in [-0.1, -0.05) is 50.6 Å². The van der Waals surface area contributed by atoms with Crippen LogP contribution in [0.15, 0.2) is 35.9 Å². The molecule has 1 saturated carbocycles. The Morgan fingerprint density at radius 1 is 1.22 bits per heavy atom. The molecule has 1 nitrogen and oxygen atoms in total. The maximum absolute atomic E-state index is 11.3. The first-order valence-electron chi connectivity index (χ1n) is 7.07. The van der Waals surface area contributed by atoms with E-state index in [2.05, 4.69) is 44.1 Å². The largest absolute Gasteiger partial charge is 0.234 e. The van der Waals surface area contributed by atoms with Crippen molar-refractivity contribution < 1.29 is 4.79 Å². The van der Waals surface area contributed by atoms with Crippen molar-refractivity contribution in [3.05, 3.63) is 41.5 Å². The van der Waals surface area contributed by atoms with Crippen molar-refractivity contribution >= 4 is 5.94 Å². The molecule has 1 aliphatic rings. The minimum absolute atomic E-state index is 0.299. The van der Waals surface area contributed by atoms with E-state index in [1.54, 1.807) is 0 Å². The van der Waals surface area contributed by atoms with Crippen LogP contribution in [-0.2, 0) is 4.79 Å². The molecule has 1 aromatic carbocycles. The Balaban J connectivity index is 2.37. The van der Waals surface area contributed by atoms with E-state index in [0.717, 1.165) is 12.0 Å². The van der Waals surface area contributed by atoms with Gasteiger partial charge in [-0.15, -0.1) is 0 Å². The standard InChI is InChI=1S/C17H22O/c1-3-7-14-11-10-13(2)16(12-18)17(14)15-8-5-4-6-9-15/h4-6,8-9,13-14,17H,3,7,10-11H2,1-2H3. The second-order valence-electron chi connectivity index (χ2n) is 5.47. The van der Waals surface area contributed by atoms with E-state index in [4.69, 9.17) is 0 Å². The molecule has 0 radical (unpaired) electrons. The van der Waals surface area contributed by atoms with Gasteiger partial charge in [0.2, 0.25) is 0 Å². The van der Waals surface area contributed by atoms with Crippen LogP contribution in [0.4, 0.5) is 0 Å². The zero-order valence-corrected chi connectivity index (χ0v) is 11.4. The third-order valence-corrected chi connectivity index (χ3v) is 4.24. The lowest BCUT2D eigenvalue weighted by atomic mass is 9.67. The molecular weight excluding hydrogens is 220 g/mol. The molecule has 3 unspecified atom stereocenters. The number of benzene rings is 1. The number of hydrogen-bond acceptors (Lipinski definition) is 1. The highest BCUT2D eigenvalue weighted by Gasteiger charge is 2.34. The number of rotatable bonds is 3. The molecule has 0 N–H and O–H groups in total. The van der Waals surface area contributed by atoms with Crippen LogP contribution < -0.4 is 0 Å². The van der Waals surface area contributed by atoms with Crippen LogP contribution in [0.3, 0.4) is 0 Å². The summed E-state index contributed by atoms with van der Waals surface area (Å²) in [6.07, 6.45) is 4.77. The molecule has 0 aliphatic heterocycles. The summed E-state index contributed by atoms with van der Waals surface area (Å²) in [5.41, 5.74) is 2.28. The lowest BCUT2D eigenvalue weighted by Gasteiger charge is -2.36. The number of carbonyl (C=O) groups excluding carboxylic acids is 1. The molecule has 0 heterocycles. The Morgan fingerprint density at radius 3 is 2.56 bits per heavy atom. The SMILES string of the molecule is CCCC1CCC(C)C(=C=O)C1c1ccccc1. The van der Waals surface area contributed by atoms with E-state index in [1.165, 1.54) is 24.8 Å². The predicted molar refractivity (Wildman–Crippen MR) is 75.2 cm³/mol. The van der Waals surface area contributed by atoms with Gasteiger partial charge in [0.25, 0.3) is 0 Å².